The highest BCUT2D eigenvalue weighted by Gasteiger charge is 2.29. The summed E-state index contributed by atoms with van der Waals surface area (Å²) < 4.78 is 5.54. The number of nitrogens with one attached hydrogen (secondary N) is 1. The zero-order chi connectivity index (χ0) is 17.2. The van der Waals surface area contributed by atoms with Gasteiger partial charge < -0.3 is 10.1 Å². The second-order valence-electron chi connectivity index (χ2n) is 6.83. The molecule has 0 atom stereocenters. The van der Waals surface area contributed by atoms with Crippen LogP contribution in [0, 0.1) is 0 Å². The maximum Gasteiger partial charge on any atom is 0.407 e. The van der Waals surface area contributed by atoms with Gasteiger partial charge in [-0.1, -0.05) is 54.6 Å². The van der Waals surface area contributed by atoms with E-state index in [0.717, 1.165) is 0 Å². The Morgan fingerprint density at radius 1 is 1.12 bits per heavy atom. The van der Waals surface area contributed by atoms with Gasteiger partial charge in [0, 0.05) is 11.5 Å². The first-order chi connectivity index (χ1) is 11.5. The molecule has 1 aliphatic rings. The van der Waals surface area contributed by atoms with E-state index in [0.29, 0.717) is 13.0 Å². The molecule has 0 spiro atoms. The lowest BCUT2D eigenvalue weighted by Crippen LogP contribution is -2.43. The molecule has 1 amide bonds. The minimum Gasteiger partial charge on any atom is -0.449 e. The molecule has 2 aromatic rings. The Morgan fingerprint density at radius 3 is 2.21 bits per heavy atom. The third-order valence-electron chi connectivity index (χ3n) is 4.44. The molecule has 0 bridgehead atoms. The SMILES string of the molecule is C=CCC(C)(C)NC(=O)OCC1c2ccccc2-c2ccccc21. The molecule has 1 N–H and O–H groups in total. The fraction of sp³-hybridized carbons (Fsp3) is 0.286. The third kappa shape index (κ3) is 3.21. The standard InChI is InChI=1S/C21H23NO2/c1-4-13-21(2,3)22-20(23)24-14-19-17-11-7-5-9-15(17)16-10-6-8-12-18(16)19/h4-12,19H,1,13-14H2,2-3H3,(H,22,23). The Kier molecular flexibility index (Phi) is 4.43. The monoisotopic (exact) mass is 321 g/mol. The number of hydrogen-bond donors (Lipinski definition) is 1. The van der Waals surface area contributed by atoms with E-state index in [9.17, 15) is 4.79 Å². The molecule has 0 saturated carbocycles. The second-order valence-corrected chi connectivity index (χ2v) is 6.83. The van der Waals surface area contributed by atoms with Gasteiger partial charge in [0.25, 0.3) is 0 Å². The molecule has 3 heteroatoms. The predicted octanol–water partition coefficient (Wildman–Crippen LogP) is 4.88. The van der Waals surface area contributed by atoms with Crippen LogP contribution >= 0.6 is 0 Å². The van der Waals surface area contributed by atoms with Crippen molar-refractivity contribution < 1.29 is 9.53 Å². The van der Waals surface area contributed by atoms with Crippen molar-refractivity contribution in [1.82, 2.24) is 5.32 Å². The van der Waals surface area contributed by atoms with E-state index >= 15 is 0 Å². The fourth-order valence-electron chi connectivity index (χ4n) is 3.32. The summed E-state index contributed by atoms with van der Waals surface area (Å²) in [6, 6.07) is 16.6. The van der Waals surface area contributed by atoms with Crippen LogP contribution in [-0.4, -0.2) is 18.2 Å². The van der Waals surface area contributed by atoms with Crippen LogP contribution in [0.2, 0.25) is 0 Å². The van der Waals surface area contributed by atoms with Crippen LogP contribution in [0.1, 0.15) is 37.3 Å². The Balaban J connectivity index is 1.74. The number of fused-ring (bicyclic) bond motifs is 3. The average molecular weight is 321 g/mol. The van der Waals surface area contributed by atoms with Gasteiger partial charge >= 0.3 is 6.09 Å². The van der Waals surface area contributed by atoms with Gasteiger partial charge in [0.15, 0.2) is 0 Å². The van der Waals surface area contributed by atoms with Crippen molar-refractivity contribution in [3.8, 4) is 11.1 Å². The smallest absolute Gasteiger partial charge is 0.407 e. The molecular formula is C21H23NO2. The van der Waals surface area contributed by atoms with Gasteiger partial charge in [0.1, 0.15) is 6.61 Å². The summed E-state index contributed by atoms with van der Waals surface area (Å²) in [7, 11) is 0. The molecule has 1 aliphatic carbocycles. The summed E-state index contributed by atoms with van der Waals surface area (Å²) in [6.07, 6.45) is 2.10. The van der Waals surface area contributed by atoms with Crippen LogP contribution in [0.15, 0.2) is 61.2 Å². The van der Waals surface area contributed by atoms with Crippen LogP contribution < -0.4 is 5.32 Å². The summed E-state index contributed by atoms with van der Waals surface area (Å²) in [5, 5.41) is 2.90. The first kappa shape index (κ1) is 16.3. The summed E-state index contributed by atoms with van der Waals surface area (Å²) in [5.74, 6) is 0.0886. The molecule has 0 heterocycles. The predicted molar refractivity (Wildman–Crippen MR) is 97.1 cm³/mol. The van der Waals surface area contributed by atoms with Crippen molar-refractivity contribution in [3.05, 3.63) is 72.3 Å². The lowest BCUT2D eigenvalue weighted by atomic mass is 9.98. The molecule has 3 rings (SSSR count). The zero-order valence-corrected chi connectivity index (χ0v) is 14.2. The van der Waals surface area contributed by atoms with Gasteiger partial charge in [-0.15, -0.1) is 6.58 Å². The van der Waals surface area contributed by atoms with Crippen LogP contribution in [0.5, 0.6) is 0 Å². The van der Waals surface area contributed by atoms with E-state index in [1.54, 1.807) is 6.08 Å². The highest BCUT2D eigenvalue weighted by Crippen LogP contribution is 2.44. The topological polar surface area (TPSA) is 38.3 Å². The van der Waals surface area contributed by atoms with Crippen molar-refractivity contribution >= 4 is 6.09 Å². The fourth-order valence-corrected chi connectivity index (χ4v) is 3.32. The molecule has 24 heavy (non-hydrogen) atoms. The molecule has 0 aromatic heterocycles. The van der Waals surface area contributed by atoms with Crippen molar-refractivity contribution in [2.75, 3.05) is 6.61 Å². The molecule has 0 unspecified atom stereocenters. The first-order valence-corrected chi connectivity index (χ1v) is 8.26. The second kappa shape index (κ2) is 6.52. The summed E-state index contributed by atoms with van der Waals surface area (Å²) in [5.41, 5.74) is 4.54. The average Bonchev–Trinajstić information content (AvgIpc) is 2.86. The van der Waals surface area contributed by atoms with Gasteiger partial charge in [-0.25, -0.2) is 4.79 Å². The summed E-state index contributed by atoms with van der Waals surface area (Å²) >= 11 is 0. The Bertz CT molecular complexity index is 718. The van der Waals surface area contributed by atoms with Gasteiger partial charge in [-0.05, 0) is 42.5 Å². The number of amides is 1. The largest absolute Gasteiger partial charge is 0.449 e. The van der Waals surface area contributed by atoms with E-state index in [1.807, 2.05) is 38.1 Å². The number of rotatable bonds is 5. The van der Waals surface area contributed by atoms with Crippen LogP contribution in [0.25, 0.3) is 11.1 Å². The summed E-state index contributed by atoms with van der Waals surface area (Å²) in [6.45, 7) is 7.97. The number of carbonyl (C=O) groups excluding carboxylic acids is 1. The molecule has 124 valence electrons. The number of benzene rings is 2. The van der Waals surface area contributed by atoms with E-state index in [4.69, 9.17) is 4.74 Å². The van der Waals surface area contributed by atoms with Crippen molar-refractivity contribution in [1.29, 1.82) is 0 Å². The maximum atomic E-state index is 12.1. The zero-order valence-electron chi connectivity index (χ0n) is 14.2. The Labute approximate surface area is 143 Å². The molecule has 3 nitrogen and oxygen atoms in total. The van der Waals surface area contributed by atoms with Crippen molar-refractivity contribution in [2.24, 2.45) is 0 Å². The minimum atomic E-state index is -0.385. The number of hydrogen-bond acceptors (Lipinski definition) is 2. The van der Waals surface area contributed by atoms with Gasteiger partial charge in [-0.3, -0.25) is 0 Å². The maximum absolute atomic E-state index is 12.1. The van der Waals surface area contributed by atoms with Gasteiger partial charge in [0.05, 0.1) is 0 Å². The molecule has 2 aromatic carbocycles. The highest BCUT2D eigenvalue weighted by atomic mass is 16.5. The van der Waals surface area contributed by atoms with Crippen molar-refractivity contribution in [3.63, 3.8) is 0 Å². The third-order valence-corrected chi connectivity index (χ3v) is 4.44. The van der Waals surface area contributed by atoms with Crippen LogP contribution in [-0.2, 0) is 4.74 Å². The van der Waals surface area contributed by atoms with E-state index in [-0.39, 0.29) is 17.6 Å². The number of alkyl carbamates (subject to hydrolysis) is 1. The minimum absolute atomic E-state index is 0.0886. The number of ether oxygens (including phenoxy) is 1. The lowest BCUT2D eigenvalue weighted by molar-refractivity contribution is 0.133. The van der Waals surface area contributed by atoms with Crippen LogP contribution in [0.4, 0.5) is 4.79 Å². The van der Waals surface area contributed by atoms with Gasteiger partial charge in [-0.2, -0.15) is 0 Å². The normalized spacial score (nSPS) is 13.1. The highest BCUT2D eigenvalue weighted by molar-refractivity contribution is 5.79. The van der Waals surface area contributed by atoms with E-state index in [2.05, 4.69) is 36.2 Å². The summed E-state index contributed by atoms with van der Waals surface area (Å²) in [4.78, 5) is 12.1. The molecular weight excluding hydrogens is 298 g/mol. The molecule has 0 aliphatic heterocycles. The first-order valence-electron chi connectivity index (χ1n) is 8.26. The Morgan fingerprint density at radius 2 is 1.67 bits per heavy atom. The van der Waals surface area contributed by atoms with E-state index < -0.39 is 0 Å². The Hall–Kier alpha value is -2.55. The molecule has 0 radical (unpaired) electrons. The van der Waals surface area contributed by atoms with Gasteiger partial charge in [0.2, 0.25) is 0 Å². The lowest BCUT2D eigenvalue weighted by Gasteiger charge is -2.24. The quantitative estimate of drug-likeness (QED) is 0.797. The molecule has 0 saturated heterocycles. The van der Waals surface area contributed by atoms with Crippen LogP contribution in [0.3, 0.4) is 0 Å². The van der Waals surface area contributed by atoms with E-state index in [1.165, 1.54) is 22.3 Å². The molecule has 0 fully saturated rings. The number of carbonyl (C=O) groups is 1. The van der Waals surface area contributed by atoms with Crippen molar-refractivity contribution in [2.45, 2.75) is 31.7 Å².